The number of fused-ring (bicyclic) bond motifs is 3. The fraction of sp³-hybridized carbons (Fsp3) is 0.472. The van der Waals surface area contributed by atoms with Gasteiger partial charge in [-0.1, -0.05) is 138 Å². The molecule has 1 N–H and O–H groups in total. The second-order valence-corrected chi connectivity index (χ2v) is 21.1. The predicted molar refractivity (Wildman–Crippen MR) is 250 cm³/mol. The van der Waals surface area contributed by atoms with Gasteiger partial charge in [0.25, 0.3) is 0 Å². The van der Waals surface area contributed by atoms with Gasteiger partial charge in [0.05, 0.1) is 10.6 Å². The van der Waals surface area contributed by atoms with Crippen LogP contribution in [0.1, 0.15) is 119 Å². The molecule has 0 saturated heterocycles. The molecule has 4 nitrogen and oxygen atoms in total. The molecular weight excluding hydrogens is 923 g/mol. The van der Waals surface area contributed by atoms with Gasteiger partial charge in [-0.3, -0.25) is 9.78 Å². The van der Waals surface area contributed by atoms with Gasteiger partial charge in [-0.05, 0) is 83.4 Å². The van der Waals surface area contributed by atoms with Crippen molar-refractivity contribution in [2.24, 2.45) is 40.9 Å². The van der Waals surface area contributed by atoms with Crippen LogP contribution in [0, 0.1) is 60.8 Å². The van der Waals surface area contributed by atoms with Gasteiger partial charge in [0.1, 0.15) is 11.3 Å². The number of hydrogen-bond donors (Lipinski definition) is 1. The summed E-state index contributed by atoms with van der Waals surface area (Å²) < 4.78 is 7.78. The Bertz CT molecular complexity index is 2410. The number of aromatic nitrogens is 1. The van der Waals surface area contributed by atoms with Crippen molar-refractivity contribution in [2.75, 3.05) is 0 Å². The van der Waals surface area contributed by atoms with Gasteiger partial charge in [0.15, 0.2) is 5.78 Å². The maximum absolute atomic E-state index is 12.3. The van der Waals surface area contributed by atoms with Crippen molar-refractivity contribution >= 4 is 48.9 Å². The Morgan fingerprint density at radius 3 is 1.98 bits per heavy atom. The molecule has 6 aromatic rings. The van der Waals surface area contributed by atoms with Crippen LogP contribution in [0.4, 0.5) is 0 Å². The van der Waals surface area contributed by atoms with Crippen LogP contribution in [-0.2, 0) is 36.7 Å². The standard InChI is InChI=1S/C36H36NOS.C17H32O2.Ir/c1-21-26-14-13-23(20-35(3,4)5)17-30(26)38-32(21)33-22(2)27-15-16-37-31(34(27)39-33)25-18-24-11-9-10-12-28(24)29(19-25)36(6,7)8;1-10(2)16(11(3)4)14(18)9-15(19)17(12(5)6)13(7)8;/h9-17,19H,20H2,1-8H3;9-13,16-18H,1-8H3;/q-1;;/b;14-9-;. The molecule has 0 amide bonds. The monoisotopic (exact) mass is 991 g/mol. The van der Waals surface area contributed by atoms with Crippen LogP contribution in [-0.4, -0.2) is 15.9 Å². The number of aryl methyl sites for hydroxylation is 2. The zero-order chi connectivity index (χ0) is 43.0. The summed E-state index contributed by atoms with van der Waals surface area (Å²) in [5.74, 6) is 2.60. The molecule has 319 valence electrons. The van der Waals surface area contributed by atoms with Crippen LogP contribution in [0.25, 0.3) is 53.7 Å². The Labute approximate surface area is 372 Å². The van der Waals surface area contributed by atoms with Gasteiger partial charge in [-0.15, -0.1) is 40.5 Å². The van der Waals surface area contributed by atoms with E-state index in [1.54, 1.807) is 11.3 Å². The Morgan fingerprint density at radius 2 is 1.41 bits per heavy atom. The number of allylic oxidation sites excluding steroid dienone is 2. The van der Waals surface area contributed by atoms with Gasteiger partial charge in [-0.25, -0.2) is 0 Å². The van der Waals surface area contributed by atoms with E-state index >= 15 is 0 Å². The van der Waals surface area contributed by atoms with Crippen LogP contribution in [0.2, 0.25) is 0 Å². The Hall–Kier alpha value is -3.57. The average molecular weight is 991 g/mol. The largest absolute Gasteiger partial charge is 0.512 e. The summed E-state index contributed by atoms with van der Waals surface area (Å²) >= 11 is 1.78. The van der Waals surface area contributed by atoms with Crippen molar-refractivity contribution in [1.82, 2.24) is 4.98 Å². The van der Waals surface area contributed by atoms with E-state index in [9.17, 15) is 9.90 Å². The van der Waals surface area contributed by atoms with E-state index < -0.39 is 0 Å². The van der Waals surface area contributed by atoms with E-state index in [4.69, 9.17) is 9.40 Å². The second-order valence-electron chi connectivity index (χ2n) is 20.1. The number of nitrogens with zero attached hydrogens (tertiary/aromatic N) is 1. The third-order valence-corrected chi connectivity index (χ3v) is 12.8. The molecule has 0 saturated carbocycles. The van der Waals surface area contributed by atoms with E-state index in [-0.39, 0.29) is 54.3 Å². The first-order chi connectivity index (χ1) is 27.0. The molecular formula is C53H68IrNO3S-. The fourth-order valence-electron chi connectivity index (χ4n) is 8.96. The Kier molecular flexibility index (Phi) is 15.5. The van der Waals surface area contributed by atoms with Crippen molar-refractivity contribution in [2.45, 2.75) is 123 Å². The Morgan fingerprint density at radius 1 is 0.797 bits per heavy atom. The number of benzene rings is 3. The van der Waals surface area contributed by atoms with Gasteiger partial charge >= 0.3 is 0 Å². The van der Waals surface area contributed by atoms with E-state index in [0.29, 0.717) is 23.7 Å². The van der Waals surface area contributed by atoms with Crippen LogP contribution < -0.4 is 0 Å². The molecule has 0 bridgehead atoms. The van der Waals surface area contributed by atoms with Gasteiger partial charge in [0, 0.05) is 65.6 Å². The molecule has 3 aromatic heterocycles. The molecule has 0 aliphatic carbocycles. The minimum atomic E-state index is -0.0119. The number of hydrogen-bond acceptors (Lipinski definition) is 5. The molecule has 3 heterocycles. The molecule has 1 radical (unpaired) electrons. The molecule has 0 atom stereocenters. The zero-order valence-electron chi connectivity index (χ0n) is 38.5. The predicted octanol–water partition coefficient (Wildman–Crippen LogP) is 15.7. The third kappa shape index (κ3) is 10.8. The van der Waals surface area contributed by atoms with E-state index in [1.165, 1.54) is 54.1 Å². The van der Waals surface area contributed by atoms with Crippen molar-refractivity contribution in [3.63, 3.8) is 0 Å². The number of pyridine rings is 1. The van der Waals surface area contributed by atoms with E-state index in [1.807, 2.05) is 6.20 Å². The van der Waals surface area contributed by atoms with Gasteiger partial charge in [-0.2, -0.15) is 0 Å². The quantitative estimate of drug-likeness (QED) is 0.0844. The van der Waals surface area contributed by atoms with Gasteiger partial charge < -0.3 is 9.52 Å². The normalized spacial score (nSPS) is 12.8. The summed E-state index contributed by atoms with van der Waals surface area (Å²) in [6.07, 6.45) is 4.44. The van der Waals surface area contributed by atoms with Crippen LogP contribution in [0.15, 0.2) is 77.0 Å². The second kappa shape index (κ2) is 19.0. The SMILES string of the molecule is CC(C)C(C(=O)/C=C(\O)C(C(C)C)C(C)C)C(C)C.Cc1c(-c2sc3c(-c4[c-]c5ccccc5c(C(C)(C)C)c4)nccc3c2C)oc2cc(CC(C)(C)C)ccc12.[Ir]. The molecule has 3 aromatic carbocycles. The molecule has 0 aliphatic rings. The van der Waals surface area contributed by atoms with Crippen molar-refractivity contribution < 1.29 is 34.4 Å². The van der Waals surface area contributed by atoms with E-state index in [2.05, 4.69) is 171 Å². The number of carbonyl (C=O) groups excluding carboxylic acids is 1. The summed E-state index contributed by atoms with van der Waals surface area (Å²) in [6.45, 7) is 34.6. The zero-order valence-corrected chi connectivity index (χ0v) is 41.7. The molecule has 6 heteroatoms. The smallest absolute Gasteiger partial charge is 0.162 e. The minimum absolute atomic E-state index is 0. The van der Waals surface area contributed by atoms with Crippen molar-refractivity contribution in [3.05, 3.63) is 101 Å². The summed E-state index contributed by atoms with van der Waals surface area (Å²) in [4.78, 5) is 18.4. The first-order valence-electron chi connectivity index (χ1n) is 21.3. The summed E-state index contributed by atoms with van der Waals surface area (Å²) in [5.41, 5.74) is 8.32. The van der Waals surface area contributed by atoms with Crippen LogP contribution >= 0.6 is 11.3 Å². The van der Waals surface area contributed by atoms with Crippen LogP contribution in [0.3, 0.4) is 0 Å². The molecule has 0 unspecified atom stereocenters. The molecule has 6 rings (SSSR count). The number of thiophene rings is 1. The molecule has 59 heavy (non-hydrogen) atoms. The fourth-order valence-corrected chi connectivity index (χ4v) is 10.3. The maximum atomic E-state index is 12.3. The van der Waals surface area contributed by atoms with Crippen molar-refractivity contribution in [3.8, 4) is 21.9 Å². The number of furan rings is 1. The minimum Gasteiger partial charge on any atom is -0.512 e. The summed E-state index contributed by atoms with van der Waals surface area (Å²) in [6, 6.07) is 23.4. The number of aliphatic hydroxyl groups is 1. The number of rotatable bonds is 10. The summed E-state index contributed by atoms with van der Waals surface area (Å²) in [5, 5.41) is 15.1. The third-order valence-electron chi connectivity index (χ3n) is 11.5. The summed E-state index contributed by atoms with van der Waals surface area (Å²) in [7, 11) is 0. The first kappa shape index (κ1) is 48.1. The number of ketones is 1. The molecule has 0 aliphatic heterocycles. The number of carbonyl (C=O) groups is 1. The first-order valence-corrected chi connectivity index (χ1v) is 22.1. The number of aliphatic hydroxyl groups excluding tert-OH is 1. The van der Waals surface area contributed by atoms with Crippen molar-refractivity contribution in [1.29, 1.82) is 0 Å². The average Bonchev–Trinajstić information content (AvgIpc) is 3.61. The maximum Gasteiger partial charge on any atom is 0.162 e. The van der Waals surface area contributed by atoms with E-state index in [0.717, 1.165) is 34.4 Å². The molecule has 0 spiro atoms. The Balaban J connectivity index is 0.000000329. The molecule has 0 fully saturated rings. The van der Waals surface area contributed by atoms with Crippen LogP contribution in [0.5, 0.6) is 0 Å². The van der Waals surface area contributed by atoms with Gasteiger partial charge in [0.2, 0.25) is 0 Å². The topological polar surface area (TPSA) is 63.3 Å².